The molecule has 0 aliphatic heterocycles. The van der Waals surface area contributed by atoms with Crippen LogP contribution in [0.3, 0.4) is 0 Å². The van der Waals surface area contributed by atoms with Crippen LogP contribution in [-0.2, 0) is 4.46 Å². The molecule has 0 N–H and O–H groups in total. The van der Waals surface area contributed by atoms with E-state index in [-0.39, 0.29) is 0 Å². The lowest BCUT2D eigenvalue weighted by atomic mass is 11.8. The third-order valence-corrected chi connectivity index (χ3v) is 1.20. The second kappa shape index (κ2) is 2.26. The van der Waals surface area contributed by atoms with Gasteiger partial charge in [-0.1, -0.05) is 34.8 Å². The van der Waals surface area contributed by atoms with Crippen molar-refractivity contribution in [3.8, 4) is 0 Å². The van der Waals surface area contributed by atoms with E-state index in [4.69, 9.17) is 34.8 Å². The topological polar surface area (TPSA) is 17.1 Å². The fourth-order valence-electron chi connectivity index (χ4n) is 0. The molecular formula is CHCl3OSi. The van der Waals surface area contributed by atoms with Crippen LogP contribution in [0, 0.1) is 0 Å². The average Bonchev–Trinajstić information content (AvgIpc) is 1.35. The van der Waals surface area contributed by atoms with Crippen molar-refractivity contribution in [2.45, 2.75) is 3.42 Å². The van der Waals surface area contributed by atoms with Crippen LogP contribution in [0.15, 0.2) is 0 Å². The maximum Gasteiger partial charge on any atom is 0.316 e. The molecule has 0 fully saturated rings. The highest BCUT2D eigenvalue weighted by Crippen LogP contribution is 2.20. The lowest BCUT2D eigenvalue weighted by molar-refractivity contribution is 0.577. The van der Waals surface area contributed by atoms with Gasteiger partial charge in [0.2, 0.25) is 3.42 Å². The molecule has 0 heterocycles. The first-order chi connectivity index (χ1) is 2.56. The SMILES string of the molecule is O=[SiH]C(Cl)(Cl)Cl. The summed E-state index contributed by atoms with van der Waals surface area (Å²) in [6.07, 6.45) is 0. The van der Waals surface area contributed by atoms with Gasteiger partial charge in [-0.15, -0.1) is 0 Å². The molecule has 0 spiro atoms. The predicted molar refractivity (Wildman–Crippen MR) is 28.1 cm³/mol. The van der Waals surface area contributed by atoms with E-state index in [0.29, 0.717) is 0 Å². The molecular weight excluding hydrogens is 162 g/mol. The largest absolute Gasteiger partial charge is 0.388 e. The molecule has 0 unspecified atom stereocenters. The van der Waals surface area contributed by atoms with Gasteiger partial charge in [0.15, 0.2) is 0 Å². The van der Waals surface area contributed by atoms with Crippen molar-refractivity contribution in [2.75, 3.05) is 0 Å². The number of alkyl halides is 3. The summed E-state index contributed by atoms with van der Waals surface area (Å²) in [5, 5.41) is 0. The molecule has 0 amide bonds. The summed E-state index contributed by atoms with van der Waals surface area (Å²) in [5.41, 5.74) is 0. The molecule has 36 valence electrons. The Kier molecular flexibility index (Phi) is 2.59. The van der Waals surface area contributed by atoms with E-state index in [0.717, 1.165) is 0 Å². The van der Waals surface area contributed by atoms with Crippen LogP contribution >= 0.6 is 34.8 Å². The van der Waals surface area contributed by atoms with Gasteiger partial charge in [-0.3, -0.25) is 0 Å². The van der Waals surface area contributed by atoms with Crippen LogP contribution in [0.2, 0.25) is 0 Å². The van der Waals surface area contributed by atoms with Gasteiger partial charge in [0.1, 0.15) is 0 Å². The zero-order valence-corrected chi connectivity index (χ0v) is 6.04. The molecule has 0 saturated carbocycles. The standard InChI is InChI=1S/CHCl3OSi/c2-1(3,4)6-5/h6H. The van der Waals surface area contributed by atoms with Crippen molar-refractivity contribution in [1.82, 2.24) is 0 Å². The van der Waals surface area contributed by atoms with Crippen molar-refractivity contribution in [2.24, 2.45) is 0 Å². The Labute approximate surface area is 52.5 Å². The van der Waals surface area contributed by atoms with Crippen LogP contribution in [0.1, 0.15) is 0 Å². The Morgan fingerprint density at radius 2 is 1.50 bits per heavy atom. The van der Waals surface area contributed by atoms with Crippen LogP contribution < -0.4 is 0 Å². The van der Waals surface area contributed by atoms with Gasteiger partial charge < -0.3 is 4.46 Å². The van der Waals surface area contributed by atoms with Gasteiger partial charge in [0, 0.05) is 0 Å². The summed E-state index contributed by atoms with van der Waals surface area (Å²) in [6.45, 7) is 0. The Morgan fingerprint density at radius 3 is 1.50 bits per heavy atom. The van der Waals surface area contributed by atoms with Crippen molar-refractivity contribution in [3.63, 3.8) is 0 Å². The zero-order valence-electron chi connectivity index (χ0n) is 2.62. The summed E-state index contributed by atoms with van der Waals surface area (Å²) in [7, 11) is -1.29. The molecule has 0 aromatic carbocycles. The number of halogens is 3. The molecule has 0 rings (SSSR count). The minimum Gasteiger partial charge on any atom is -0.388 e. The molecule has 5 heteroatoms. The average molecular weight is 163 g/mol. The summed E-state index contributed by atoms with van der Waals surface area (Å²) in [6, 6.07) is 0. The Hall–Kier alpha value is 0.887. The molecule has 0 saturated heterocycles. The lowest BCUT2D eigenvalue weighted by Crippen LogP contribution is -2.03. The second-order valence-corrected chi connectivity index (χ2v) is 5.23. The monoisotopic (exact) mass is 162 g/mol. The Morgan fingerprint density at radius 1 is 1.33 bits per heavy atom. The van der Waals surface area contributed by atoms with Crippen LogP contribution in [0.4, 0.5) is 0 Å². The minimum atomic E-state index is -1.51. The summed E-state index contributed by atoms with van der Waals surface area (Å²) in [4.78, 5) is 0. The van der Waals surface area contributed by atoms with E-state index in [9.17, 15) is 4.46 Å². The predicted octanol–water partition coefficient (Wildman–Crippen LogP) is 1.10. The van der Waals surface area contributed by atoms with Gasteiger partial charge in [0.05, 0.1) is 0 Å². The Balaban J connectivity index is 3.45. The molecule has 0 aromatic heterocycles. The minimum absolute atomic E-state index is 1.29. The highest BCUT2D eigenvalue weighted by molar-refractivity contribution is 6.83. The third kappa shape index (κ3) is 4.89. The third-order valence-electron chi connectivity index (χ3n) is 0.134. The Bertz CT molecular complexity index is 56.3. The van der Waals surface area contributed by atoms with Crippen LogP contribution in [-0.4, -0.2) is 12.8 Å². The quantitative estimate of drug-likeness (QED) is 0.386. The molecule has 6 heavy (non-hydrogen) atoms. The number of hydrogen-bond donors (Lipinski definition) is 0. The maximum atomic E-state index is 9.64. The molecule has 0 aromatic rings. The summed E-state index contributed by atoms with van der Waals surface area (Å²) in [5.74, 6) is 0. The van der Waals surface area contributed by atoms with Crippen molar-refractivity contribution < 1.29 is 4.46 Å². The number of hydrogen-bond acceptors (Lipinski definition) is 1. The first-order valence-electron chi connectivity index (χ1n) is 1.09. The smallest absolute Gasteiger partial charge is 0.316 e. The fraction of sp³-hybridized carbons (Fsp3) is 1.00. The van der Waals surface area contributed by atoms with Gasteiger partial charge in [-0.2, -0.15) is 0 Å². The number of rotatable bonds is 0. The fourth-order valence-corrected chi connectivity index (χ4v) is 0. The molecule has 1 nitrogen and oxygen atoms in total. The first-order valence-corrected chi connectivity index (χ1v) is 3.27. The summed E-state index contributed by atoms with van der Waals surface area (Å²) >= 11 is 14.9. The van der Waals surface area contributed by atoms with Crippen LogP contribution in [0.5, 0.6) is 0 Å². The van der Waals surface area contributed by atoms with Crippen molar-refractivity contribution in [3.05, 3.63) is 0 Å². The highest BCUT2D eigenvalue weighted by Gasteiger charge is 2.17. The van der Waals surface area contributed by atoms with E-state index in [2.05, 4.69) is 0 Å². The van der Waals surface area contributed by atoms with E-state index < -0.39 is 12.8 Å². The molecule has 0 aliphatic rings. The van der Waals surface area contributed by atoms with Gasteiger partial charge in [0.25, 0.3) is 0 Å². The second-order valence-electron chi connectivity index (χ2n) is 0.659. The van der Waals surface area contributed by atoms with Gasteiger partial charge in [-0.05, 0) is 0 Å². The normalized spacial score (nSPS) is 11.2. The maximum absolute atomic E-state index is 9.64. The van der Waals surface area contributed by atoms with Crippen LogP contribution in [0.25, 0.3) is 0 Å². The molecule has 0 bridgehead atoms. The first kappa shape index (κ1) is 6.89. The van der Waals surface area contributed by atoms with E-state index in [1.54, 1.807) is 0 Å². The lowest BCUT2D eigenvalue weighted by Gasteiger charge is -1.92. The van der Waals surface area contributed by atoms with Gasteiger partial charge in [-0.25, -0.2) is 0 Å². The molecule has 0 atom stereocenters. The molecule has 0 aliphatic carbocycles. The molecule has 0 radical (unpaired) electrons. The summed E-state index contributed by atoms with van der Waals surface area (Å²) < 4.78 is 8.12. The highest BCUT2D eigenvalue weighted by atomic mass is 35.6. The van der Waals surface area contributed by atoms with Crippen molar-refractivity contribution in [1.29, 1.82) is 0 Å². The van der Waals surface area contributed by atoms with E-state index >= 15 is 0 Å². The van der Waals surface area contributed by atoms with E-state index in [1.165, 1.54) is 0 Å². The van der Waals surface area contributed by atoms with Gasteiger partial charge >= 0.3 is 9.41 Å². The zero-order chi connectivity index (χ0) is 5.21. The van der Waals surface area contributed by atoms with E-state index in [1.807, 2.05) is 0 Å². The van der Waals surface area contributed by atoms with Crippen molar-refractivity contribution >= 4 is 44.2 Å².